The van der Waals surface area contributed by atoms with Gasteiger partial charge in [0, 0.05) is 18.3 Å². The van der Waals surface area contributed by atoms with E-state index >= 15 is 0 Å². The van der Waals surface area contributed by atoms with Crippen molar-refractivity contribution in [3.05, 3.63) is 23.9 Å². The summed E-state index contributed by atoms with van der Waals surface area (Å²) in [6.45, 7) is 1.96. The van der Waals surface area contributed by atoms with Crippen molar-refractivity contribution < 1.29 is 4.74 Å². The van der Waals surface area contributed by atoms with Crippen molar-refractivity contribution in [3.8, 4) is 5.88 Å². The maximum absolute atomic E-state index is 5.78. The lowest BCUT2D eigenvalue weighted by Gasteiger charge is -2.25. The molecule has 0 amide bonds. The summed E-state index contributed by atoms with van der Waals surface area (Å²) in [6.07, 6.45) is 5.73. The van der Waals surface area contributed by atoms with E-state index in [0.717, 1.165) is 18.4 Å². The summed E-state index contributed by atoms with van der Waals surface area (Å²) in [4.78, 5) is 4.17. The summed E-state index contributed by atoms with van der Waals surface area (Å²) in [7, 11) is 0. The average molecular weight is 192 g/mol. The fraction of sp³-hybridized carbons (Fsp3) is 0.545. The number of nitrogens with zero attached hydrogens (tertiary/aromatic N) is 1. The minimum Gasteiger partial charge on any atom is -0.474 e. The molecule has 0 aromatic carbocycles. The molecular weight excluding hydrogens is 176 g/mol. The second-order valence-corrected chi connectivity index (χ2v) is 3.89. The first-order valence-electron chi connectivity index (χ1n) is 5.14. The molecule has 2 N–H and O–H groups in total. The van der Waals surface area contributed by atoms with E-state index in [9.17, 15) is 0 Å². The Morgan fingerprint density at radius 3 is 2.93 bits per heavy atom. The number of pyridine rings is 1. The number of hydrogen-bond acceptors (Lipinski definition) is 3. The monoisotopic (exact) mass is 192 g/mol. The molecular formula is C11H16N2O. The number of hydrogen-bond donors (Lipinski definition) is 1. The smallest absolute Gasteiger partial charge is 0.213 e. The molecule has 14 heavy (non-hydrogen) atoms. The van der Waals surface area contributed by atoms with E-state index in [-0.39, 0.29) is 6.04 Å². The minimum absolute atomic E-state index is 0.0433. The molecule has 1 aromatic heterocycles. The maximum Gasteiger partial charge on any atom is 0.213 e. The van der Waals surface area contributed by atoms with Gasteiger partial charge in [-0.2, -0.15) is 0 Å². The fourth-order valence-corrected chi connectivity index (χ4v) is 1.43. The Labute approximate surface area is 84.3 Å². The largest absolute Gasteiger partial charge is 0.474 e. The molecule has 1 aliphatic carbocycles. The van der Waals surface area contributed by atoms with E-state index in [1.807, 2.05) is 19.1 Å². The second kappa shape index (κ2) is 3.96. The van der Waals surface area contributed by atoms with Gasteiger partial charge in [0.2, 0.25) is 5.88 Å². The molecule has 0 aliphatic heterocycles. The number of rotatable bonds is 3. The summed E-state index contributed by atoms with van der Waals surface area (Å²) < 4.78 is 5.67. The highest BCUT2D eigenvalue weighted by atomic mass is 16.5. The lowest BCUT2D eigenvalue weighted by Crippen LogP contribution is -2.25. The number of aromatic nitrogens is 1. The van der Waals surface area contributed by atoms with Gasteiger partial charge in [0.25, 0.3) is 0 Å². The fourth-order valence-electron chi connectivity index (χ4n) is 1.43. The van der Waals surface area contributed by atoms with Gasteiger partial charge in [-0.15, -0.1) is 0 Å². The van der Waals surface area contributed by atoms with Crippen LogP contribution >= 0.6 is 0 Å². The zero-order valence-corrected chi connectivity index (χ0v) is 8.44. The van der Waals surface area contributed by atoms with Gasteiger partial charge in [-0.05, 0) is 37.8 Å². The van der Waals surface area contributed by atoms with Gasteiger partial charge >= 0.3 is 0 Å². The van der Waals surface area contributed by atoms with E-state index in [0.29, 0.717) is 12.0 Å². The molecule has 1 heterocycles. The van der Waals surface area contributed by atoms with Crippen LogP contribution in [0.3, 0.4) is 0 Å². The van der Waals surface area contributed by atoms with E-state index < -0.39 is 0 Å². The predicted molar refractivity (Wildman–Crippen MR) is 55.1 cm³/mol. The Morgan fingerprint density at radius 1 is 1.57 bits per heavy atom. The van der Waals surface area contributed by atoms with Crippen molar-refractivity contribution in [1.82, 2.24) is 4.98 Å². The summed E-state index contributed by atoms with van der Waals surface area (Å²) >= 11 is 0. The molecule has 0 saturated heterocycles. The maximum atomic E-state index is 5.78. The van der Waals surface area contributed by atoms with Gasteiger partial charge in [0.1, 0.15) is 6.10 Å². The Morgan fingerprint density at radius 2 is 2.36 bits per heavy atom. The topological polar surface area (TPSA) is 48.1 Å². The molecule has 1 atom stereocenters. The molecule has 1 saturated carbocycles. The normalized spacial score (nSPS) is 18.7. The molecule has 0 spiro atoms. The molecule has 76 valence electrons. The third-order valence-corrected chi connectivity index (χ3v) is 2.62. The number of nitrogens with two attached hydrogens (primary N) is 1. The zero-order valence-electron chi connectivity index (χ0n) is 8.44. The summed E-state index contributed by atoms with van der Waals surface area (Å²) in [6, 6.07) is 3.91. The highest BCUT2D eigenvalue weighted by molar-refractivity contribution is 5.23. The van der Waals surface area contributed by atoms with Gasteiger partial charge in [-0.3, -0.25) is 0 Å². The lowest BCUT2D eigenvalue weighted by atomic mass is 9.96. The van der Waals surface area contributed by atoms with Crippen LogP contribution in [0, 0.1) is 0 Å². The first-order valence-corrected chi connectivity index (χ1v) is 5.14. The van der Waals surface area contributed by atoms with Crippen LogP contribution in [0.2, 0.25) is 0 Å². The molecule has 3 heteroatoms. The van der Waals surface area contributed by atoms with E-state index in [1.54, 1.807) is 6.20 Å². The molecule has 0 radical (unpaired) electrons. The highest BCUT2D eigenvalue weighted by Gasteiger charge is 2.19. The molecule has 0 unspecified atom stereocenters. The van der Waals surface area contributed by atoms with Crippen LogP contribution in [0.4, 0.5) is 0 Å². The lowest BCUT2D eigenvalue weighted by molar-refractivity contribution is 0.114. The van der Waals surface area contributed by atoms with Crippen molar-refractivity contribution in [2.45, 2.75) is 38.3 Å². The molecule has 1 aliphatic rings. The summed E-state index contributed by atoms with van der Waals surface area (Å²) in [5, 5.41) is 0. The van der Waals surface area contributed by atoms with Crippen molar-refractivity contribution in [3.63, 3.8) is 0 Å². The van der Waals surface area contributed by atoms with E-state index in [2.05, 4.69) is 4.98 Å². The zero-order chi connectivity index (χ0) is 9.97. The van der Waals surface area contributed by atoms with Crippen LogP contribution in [-0.4, -0.2) is 11.1 Å². The molecule has 2 rings (SSSR count). The third kappa shape index (κ3) is 2.04. The minimum atomic E-state index is 0.0433. The summed E-state index contributed by atoms with van der Waals surface area (Å²) in [5.41, 5.74) is 6.85. The Bertz CT molecular complexity index is 308. The quantitative estimate of drug-likeness (QED) is 0.797. The van der Waals surface area contributed by atoms with Crippen molar-refractivity contribution in [2.24, 2.45) is 5.73 Å². The Balaban J connectivity index is 2.05. The molecule has 3 nitrogen and oxygen atoms in total. The highest BCUT2D eigenvalue weighted by Crippen LogP contribution is 2.24. The third-order valence-electron chi connectivity index (χ3n) is 2.62. The first kappa shape index (κ1) is 9.46. The summed E-state index contributed by atoms with van der Waals surface area (Å²) in [5.74, 6) is 0.713. The van der Waals surface area contributed by atoms with Gasteiger partial charge in [0.15, 0.2) is 0 Å². The van der Waals surface area contributed by atoms with Crippen LogP contribution in [-0.2, 0) is 0 Å². The van der Waals surface area contributed by atoms with Crippen LogP contribution in [0.25, 0.3) is 0 Å². The first-order chi connectivity index (χ1) is 6.75. The second-order valence-electron chi connectivity index (χ2n) is 3.89. The van der Waals surface area contributed by atoms with Gasteiger partial charge in [-0.1, -0.05) is 0 Å². The van der Waals surface area contributed by atoms with Crippen LogP contribution in [0.1, 0.15) is 37.8 Å². The van der Waals surface area contributed by atoms with E-state index in [1.165, 1.54) is 6.42 Å². The predicted octanol–water partition coefficient (Wildman–Crippen LogP) is 2.03. The van der Waals surface area contributed by atoms with Crippen molar-refractivity contribution in [2.75, 3.05) is 0 Å². The van der Waals surface area contributed by atoms with Crippen molar-refractivity contribution in [1.29, 1.82) is 0 Å². The number of ether oxygens (including phenoxy) is 1. The van der Waals surface area contributed by atoms with Crippen molar-refractivity contribution >= 4 is 0 Å². The average Bonchev–Trinajstić information content (AvgIpc) is 2.12. The van der Waals surface area contributed by atoms with Gasteiger partial charge in [-0.25, -0.2) is 4.98 Å². The standard InChI is InChI=1S/C11H16N2O/c1-8(12)9-5-6-13-11(7-9)14-10-3-2-4-10/h5-8,10H,2-4,12H2,1H3/t8-/m1/s1. The SMILES string of the molecule is C[C@@H](N)c1ccnc(OC2CCC2)c1. The van der Waals surface area contributed by atoms with Crippen LogP contribution in [0.5, 0.6) is 5.88 Å². The Hall–Kier alpha value is -1.09. The Kier molecular flexibility index (Phi) is 2.68. The van der Waals surface area contributed by atoms with Crippen LogP contribution < -0.4 is 10.5 Å². The molecule has 1 aromatic rings. The van der Waals surface area contributed by atoms with Gasteiger partial charge in [0.05, 0.1) is 0 Å². The van der Waals surface area contributed by atoms with E-state index in [4.69, 9.17) is 10.5 Å². The molecule has 0 bridgehead atoms. The van der Waals surface area contributed by atoms with Crippen LogP contribution in [0.15, 0.2) is 18.3 Å². The molecule has 1 fully saturated rings. The van der Waals surface area contributed by atoms with Gasteiger partial charge < -0.3 is 10.5 Å².